The zero-order chi connectivity index (χ0) is 25.8. The largest absolute Gasteiger partial charge is 0.467 e. The molecule has 0 bridgehead atoms. The molecular weight excluding hydrogens is 478 g/mol. The molecule has 0 spiro atoms. The second kappa shape index (κ2) is 11.3. The number of piperidine rings is 1. The number of methoxy groups -OCH3 is 1. The minimum Gasteiger partial charge on any atom is -0.467 e. The number of ether oxygens (including phenoxy) is 1. The molecule has 1 N–H and O–H groups in total. The van der Waals surface area contributed by atoms with Crippen LogP contribution in [0.2, 0.25) is 0 Å². The first-order valence-corrected chi connectivity index (χ1v) is 13.3. The maximum atomic E-state index is 13.1. The Bertz CT molecular complexity index is 1230. The molecule has 1 fully saturated rings. The molecule has 10 heteroatoms. The van der Waals surface area contributed by atoms with E-state index < -0.39 is 11.3 Å². The van der Waals surface area contributed by atoms with E-state index in [4.69, 9.17) is 4.74 Å². The number of nitrogens with zero attached hydrogens (tertiary/aromatic N) is 5. The molecule has 1 aliphatic rings. The fourth-order valence-corrected chi connectivity index (χ4v) is 5.28. The van der Waals surface area contributed by atoms with Gasteiger partial charge in [-0.2, -0.15) is 4.98 Å². The molecule has 0 radical (unpaired) electrons. The highest BCUT2D eigenvalue weighted by molar-refractivity contribution is 7.81. The average molecular weight is 512 g/mol. The van der Waals surface area contributed by atoms with Crippen molar-refractivity contribution < 1.29 is 18.3 Å². The summed E-state index contributed by atoms with van der Waals surface area (Å²) in [6.07, 6.45) is 4.16. The number of carbonyl (C=O) groups excluding carboxylic acids is 1. The quantitative estimate of drug-likeness (QED) is 0.336. The molecule has 4 rings (SSSR count). The Hall–Kier alpha value is -3.08. The van der Waals surface area contributed by atoms with Crippen molar-refractivity contribution in [2.75, 3.05) is 31.0 Å². The Balaban J connectivity index is 1.62. The van der Waals surface area contributed by atoms with Crippen LogP contribution in [0.3, 0.4) is 0 Å². The minimum absolute atomic E-state index is 0.136. The Morgan fingerprint density at radius 3 is 2.42 bits per heavy atom. The number of benzene rings is 1. The highest BCUT2D eigenvalue weighted by Crippen LogP contribution is 2.29. The summed E-state index contributed by atoms with van der Waals surface area (Å²) >= 11 is -2.36. The molecule has 0 aliphatic carbocycles. The SMILES string of the molecule is CCc1cc(N(c2ccc(-n3c(C)cc(C(=O)CN4CCCCC4)c3C)cc2)S(=O)O)nc(OC)n1. The Morgan fingerprint density at radius 1 is 1.11 bits per heavy atom. The first kappa shape index (κ1) is 26.0. The molecule has 1 saturated heterocycles. The lowest BCUT2D eigenvalue weighted by Crippen LogP contribution is -2.34. The van der Waals surface area contributed by atoms with E-state index in [-0.39, 0.29) is 17.6 Å². The monoisotopic (exact) mass is 511 g/mol. The maximum Gasteiger partial charge on any atom is 0.318 e. The van der Waals surface area contributed by atoms with Crippen molar-refractivity contribution in [3.05, 3.63) is 59.0 Å². The van der Waals surface area contributed by atoms with Crippen LogP contribution < -0.4 is 9.04 Å². The summed E-state index contributed by atoms with van der Waals surface area (Å²) in [4.78, 5) is 23.8. The molecule has 0 saturated carbocycles. The molecule has 192 valence electrons. The van der Waals surface area contributed by atoms with Crippen molar-refractivity contribution in [2.45, 2.75) is 46.5 Å². The molecule has 1 aromatic carbocycles. The van der Waals surface area contributed by atoms with E-state index in [1.165, 1.54) is 17.8 Å². The second-order valence-corrected chi connectivity index (χ2v) is 9.81. The Morgan fingerprint density at radius 2 is 1.81 bits per heavy atom. The number of hydrogen-bond donors (Lipinski definition) is 1. The topological polar surface area (TPSA) is 101 Å². The number of aromatic nitrogens is 3. The van der Waals surface area contributed by atoms with Crippen molar-refractivity contribution in [3.8, 4) is 11.7 Å². The molecule has 0 amide bonds. The van der Waals surface area contributed by atoms with Crippen LogP contribution >= 0.6 is 0 Å². The van der Waals surface area contributed by atoms with Crippen molar-refractivity contribution in [3.63, 3.8) is 0 Å². The van der Waals surface area contributed by atoms with Crippen molar-refractivity contribution >= 4 is 28.6 Å². The number of anilines is 2. The van der Waals surface area contributed by atoms with Gasteiger partial charge in [0.1, 0.15) is 0 Å². The number of carbonyl (C=O) groups is 1. The predicted molar refractivity (Wildman–Crippen MR) is 141 cm³/mol. The van der Waals surface area contributed by atoms with E-state index in [0.717, 1.165) is 48.6 Å². The molecule has 2 aromatic heterocycles. The van der Waals surface area contributed by atoms with Crippen LogP contribution in [0.5, 0.6) is 6.01 Å². The number of hydrogen-bond acceptors (Lipinski definition) is 6. The third-order valence-corrected chi connectivity index (χ3v) is 7.25. The molecule has 1 aliphatic heterocycles. The van der Waals surface area contributed by atoms with Gasteiger partial charge in [-0.15, -0.1) is 0 Å². The fourth-order valence-electron chi connectivity index (χ4n) is 4.72. The minimum atomic E-state index is -2.36. The van der Waals surface area contributed by atoms with Gasteiger partial charge in [0.15, 0.2) is 11.6 Å². The van der Waals surface area contributed by atoms with Gasteiger partial charge in [-0.25, -0.2) is 13.5 Å². The Labute approximate surface area is 214 Å². The molecular formula is C26H33N5O4S. The lowest BCUT2D eigenvalue weighted by atomic mass is 10.1. The average Bonchev–Trinajstić information content (AvgIpc) is 3.18. The van der Waals surface area contributed by atoms with Crippen molar-refractivity contribution in [1.29, 1.82) is 0 Å². The summed E-state index contributed by atoms with van der Waals surface area (Å²) in [6, 6.07) is 11.0. The molecule has 36 heavy (non-hydrogen) atoms. The fraction of sp³-hybridized carbons (Fsp3) is 0.423. The van der Waals surface area contributed by atoms with Crippen LogP contribution in [0.1, 0.15) is 53.6 Å². The smallest absolute Gasteiger partial charge is 0.318 e. The summed E-state index contributed by atoms with van der Waals surface area (Å²) < 4.78 is 30.8. The number of likely N-dealkylation sites (tertiary alicyclic amines) is 1. The van der Waals surface area contributed by atoms with Crippen LogP contribution in [0, 0.1) is 13.8 Å². The van der Waals surface area contributed by atoms with Crippen LogP contribution in [-0.2, 0) is 17.7 Å². The van der Waals surface area contributed by atoms with E-state index in [0.29, 0.717) is 24.3 Å². The molecule has 9 nitrogen and oxygen atoms in total. The van der Waals surface area contributed by atoms with Gasteiger partial charge in [0.25, 0.3) is 11.3 Å². The third-order valence-electron chi connectivity index (χ3n) is 6.54. The summed E-state index contributed by atoms with van der Waals surface area (Å²) in [6.45, 7) is 8.28. The normalized spacial score (nSPS) is 15.0. The van der Waals surface area contributed by atoms with E-state index in [9.17, 15) is 13.6 Å². The molecule has 3 heterocycles. The highest BCUT2D eigenvalue weighted by Gasteiger charge is 2.22. The van der Waals surface area contributed by atoms with Gasteiger partial charge in [-0.05, 0) is 76.5 Å². The van der Waals surface area contributed by atoms with Gasteiger partial charge in [-0.1, -0.05) is 13.3 Å². The molecule has 3 aromatic rings. The van der Waals surface area contributed by atoms with Crippen LogP contribution in [-0.4, -0.2) is 60.7 Å². The van der Waals surface area contributed by atoms with Gasteiger partial charge in [0.2, 0.25) is 0 Å². The maximum absolute atomic E-state index is 13.1. The number of ketones is 1. The third kappa shape index (κ3) is 5.50. The number of rotatable bonds is 9. The van der Waals surface area contributed by atoms with Gasteiger partial charge in [-0.3, -0.25) is 14.2 Å². The standard InChI is InChI=1S/C26H33N5O4S/c1-5-20-16-25(28-26(27-20)35-4)31(36(33)34)22-11-9-21(10-12-22)30-18(2)15-23(19(30)3)24(32)17-29-13-7-6-8-14-29/h9-12,15-16H,5-8,13-14,17H2,1-4H3,(H,33,34). The van der Waals surface area contributed by atoms with Crippen molar-refractivity contribution in [1.82, 2.24) is 19.4 Å². The Kier molecular flexibility index (Phi) is 8.17. The number of Topliss-reactive ketones (excluding diaryl/α,β-unsaturated/α-hetero) is 1. The van der Waals surface area contributed by atoms with E-state index in [1.54, 1.807) is 18.2 Å². The first-order valence-electron chi connectivity index (χ1n) is 12.2. The van der Waals surface area contributed by atoms with E-state index >= 15 is 0 Å². The number of aryl methyl sites for hydroxylation is 2. The van der Waals surface area contributed by atoms with Gasteiger partial charge < -0.3 is 9.30 Å². The highest BCUT2D eigenvalue weighted by atomic mass is 32.2. The van der Waals surface area contributed by atoms with E-state index in [2.05, 4.69) is 14.9 Å². The van der Waals surface area contributed by atoms with Crippen LogP contribution in [0.15, 0.2) is 36.4 Å². The molecule has 1 unspecified atom stereocenters. The lowest BCUT2D eigenvalue weighted by molar-refractivity contribution is 0.0915. The molecule has 1 atom stereocenters. The summed E-state index contributed by atoms with van der Waals surface area (Å²) in [5.74, 6) is 0.408. The summed E-state index contributed by atoms with van der Waals surface area (Å²) in [7, 11) is 1.46. The zero-order valence-corrected chi connectivity index (χ0v) is 22.0. The van der Waals surface area contributed by atoms with E-state index in [1.807, 2.05) is 43.5 Å². The predicted octanol–water partition coefficient (Wildman–Crippen LogP) is 4.40. The second-order valence-electron chi connectivity index (χ2n) is 8.98. The van der Waals surface area contributed by atoms with Crippen LogP contribution in [0.25, 0.3) is 5.69 Å². The van der Waals surface area contributed by atoms with Gasteiger partial charge in [0, 0.05) is 34.4 Å². The van der Waals surface area contributed by atoms with Gasteiger partial charge >= 0.3 is 6.01 Å². The summed E-state index contributed by atoms with van der Waals surface area (Å²) in [5, 5.41) is 0. The lowest BCUT2D eigenvalue weighted by Gasteiger charge is -2.25. The van der Waals surface area contributed by atoms with Crippen LogP contribution in [0.4, 0.5) is 11.5 Å². The van der Waals surface area contributed by atoms with Gasteiger partial charge in [0.05, 0.1) is 19.3 Å². The van der Waals surface area contributed by atoms with Crippen molar-refractivity contribution in [2.24, 2.45) is 0 Å². The zero-order valence-electron chi connectivity index (χ0n) is 21.2. The first-order chi connectivity index (χ1) is 17.3. The summed E-state index contributed by atoms with van der Waals surface area (Å²) in [5.41, 5.74) is 4.64.